The number of hydrogen-bond donors (Lipinski definition) is 3. The molecule has 5 rings (SSSR count). The zero-order valence-corrected chi connectivity index (χ0v) is 21.3. The molecule has 3 N–H and O–H groups in total. The van der Waals surface area contributed by atoms with Crippen molar-refractivity contribution in [3.05, 3.63) is 30.0 Å². The fourth-order valence-electron chi connectivity index (χ4n) is 5.27. The maximum absolute atomic E-state index is 15.3. The number of nitrogens with zero attached hydrogens (tertiary/aromatic N) is 6. The van der Waals surface area contributed by atoms with E-state index < -0.39 is 24.4 Å². The Kier molecular flexibility index (Phi) is 6.47. The molecule has 0 spiro atoms. The van der Waals surface area contributed by atoms with E-state index in [0.29, 0.717) is 28.6 Å². The fourth-order valence-corrected chi connectivity index (χ4v) is 5.27. The molecule has 1 aliphatic rings. The molecule has 198 valence electrons. The summed E-state index contributed by atoms with van der Waals surface area (Å²) < 4.78 is 44.4. The number of imidazole rings is 1. The number of nitrogens with one attached hydrogen (secondary N) is 2. The third-order valence-electron chi connectivity index (χ3n) is 7.24. The van der Waals surface area contributed by atoms with Crippen molar-refractivity contribution in [1.82, 2.24) is 29.1 Å². The van der Waals surface area contributed by atoms with Crippen LogP contribution in [0.3, 0.4) is 0 Å². The molecule has 4 heterocycles. The summed E-state index contributed by atoms with van der Waals surface area (Å²) in [5.74, 6) is 0.860. The molecular weight excluding hydrogens is 485 g/mol. The molecule has 1 aliphatic carbocycles. The first-order valence-corrected chi connectivity index (χ1v) is 12.4. The number of hydrogen-bond acceptors (Lipinski definition) is 7. The monoisotopic (exact) mass is 516 g/mol. The highest BCUT2D eigenvalue weighted by molar-refractivity contribution is 5.89. The fraction of sp³-hybridized carbons (Fsp3) is 0.520. The molecule has 0 aromatic carbocycles. The van der Waals surface area contributed by atoms with Crippen molar-refractivity contribution in [1.29, 1.82) is 0 Å². The van der Waals surface area contributed by atoms with Gasteiger partial charge in [0.15, 0.2) is 17.3 Å². The Morgan fingerprint density at radius 1 is 1.14 bits per heavy atom. The van der Waals surface area contributed by atoms with E-state index in [4.69, 9.17) is 0 Å². The van der Waals surface area contributed by atoms with Gasteiger partial charge in [0.2, 0.25) is 5.95 Å². The summed E-state index contributed by atoms with van der Waals surface area (Å²) >= 11 is 0. The van der Waals surface area contributed by atoms with E-state index in [0.717, 1.165) is 25.7 Å². The molecule has 37 heavy (non-hydrogen) atoms. The van der Waals surface area contributed by atoms with Crippen molar-refractivity contribution in [3.8, 4) is 11.3 Å². The molecule has 0 amide bonds. The first-order valence-electron chi connectivity index (χ1n) is 12.4. The summed E-state index contributed by atoms with van der Waals surface area (Å²) in [4.78, 5) is 13.4. The van der Waals surface area contributed by atoms with E-state index >= 15 is 4.39 Å². The van der Waals surface area contributed by atoms with E-state index in [1.54, 1.807) is 26.1 Å². The first-order chi connectivity index (χ1) is 17.5. The number of pyridine rings is 1. The Labute approximate surface area is 212 Å². The zero-order chi connectivity index (χ0) is 26.5. The van der Waals surface area contributed by atoms with Gasteiger partial charge in [0, 0.05) is 13.1 Å². The standard InChI is InChI=1S/C25H31F3N8O/c1-13-30-18-10-9-17(32-23(18)35(13)12-19(27)28)20-16(26)11-36-21(20)22(29-4)33-24(34-36)31-15-7-5-14(6-8-15)25(2,3)37/h9-11,14-15,19,37H,5-8,12H2,1-4H3,(H2,29,31,33,34). The number of anilines is 2. The van der Waals surface area contributed by atoms with Crippen molar-refractivity contribution < 1.29 is 18.3 Å². The molecule has 1 saturated carbocycles. The zero-order valence-electron chi connectivity index (χ0n) is 21.3. The van der Waals surface area contributed by atoms with Crippen molar-refractivity contribution in [2.75, 3.05) is 17.7 Å². The average Bonchev–Trinajstić information content (AvgIpc) is 3.33. The van der Waals surface area contributed by atoms with Gasteiger partial charge in [0.05, 0.1) is 29.6 Å². The van der Waals surface area contributed by atoms with Crippen LogP contribution in [0.4, 0.5) is 24.9 Å². The van der Waals surface area contributed by atoms with Crippen LogP contribution in [-0.2, 0) is 6.54 Å². The van der Waals surface area contributed by atoms with Gasteiger partial charge in [-0.2, -0.15) is 4.98 Å². The predicted molar refractivity (Wildman–Crippen MR) is 135 cm³/mol. The van der Waals surface area contributed by atoms with Crippen molar-refractivity contribution in [2.24, 2.45) is 5.92 Å². The summed E-state index contributed by atoms with van der Waals surface area (Å²) in [6, 6.07) is 3.41. The van der Waals surface area contributed by atoms with Gasteiger partial charge < -0.3 is 20.3 Å². The third-order valence-corrected chi connectivity index (χ3v) is 7.24. The van der Waals surface area contributed by atoms with Crippen LogP contribution < -0.4 is 10.6 Å². The average molecular weight is 517 g/mol. The van der Waals surface area contributed by atoms with E-state index in [1.165, 1.54) is 15.3 Å². The second kappa shape index (κ2) is 9.47. The van der Waals surface area contributed by atoms with Crippen molar-refractivity contribution in [2.45, 2.75) is 71.1 Å². The van der Waals surface area contributed by atoms with Crippen LogP contribution in [0, 0.1) is 18.7 Å². The van der Waals surface area contributed by atoms with Crippen LogP contribution in [0.1, 0.15) is 45.4 Å². The molecule has 0 unspecified atom stereocenters. The van der Waals surface area contributed by atoms with Gasteiger partial charge >= 0.3 is 0 Å². The van der Waals surface area contributed by atoms with Crippen LogP contribution in [0.15, 0.2) is 18.3 Å². The lowest BCUT2D eigenvalue weighted by atomic mass is 9.77. The summed E-state index contributed by atoms with van der Waals surface area (Å²) in [6.45, 7) is 4.78. The van der Waals surface area contributed by atoms with Gasteiger partial charge in [-0.05, 0) is 64.5 Å². The van der Waals surface area contributed by atoms with Gasteiger partial charge in [-0.1, -0.05) is 0 Å². The van der Waals surface area contributed by atoms with Crippen molar-refractivity contribution in [3.63, 3.8) is 0 Å². The molecule has 0 aliphatic heterocycles. The number of aliphatic hydroxyl groups is 1. The number of fused-ring (bicyclic) bond motifs is 2. The molecule has 1 fully saturated rings. The van der Waals surface area contributed by atoms with Crippen LogP contribution in [0.25, 0.3) is 27.9 Å². The normalized spacial score (nSPS) is 18.7. The van der Waals surface area contributed by atoms with Crippen LogP contribution >= 0.6 is 0 Å². The topological polar surface area (TPSA) is 105 Å². The Morgan fingerprint density at radius 2 is 1.86 bits per heavy atom. The highest BCUT2D eigenvalue weighted by atomic mass is 19.3. The Balaban J connectivity index is 1.49. The lowest BCUT2D eigenvalue weighted by Crippen LogP contribution is -2.37. The molecule has 0 bridgehead atoms. The molecular formula is C25H31F3N8O. The Bertz CT molecular complexity index is 1430. The summed E-state index contributed by atoms with van der Waals surface area (Å²) in [7, 11) is 1.69. The molecule has 4 aromatic heterocycles. The summed E-state index contributed by atoms with van der Waals surface area (Å²) in [6.07, 6.45) is 2.20. The second-order valence-electron chi connectivity index (χ2n) is 10.2. The molecule has 0 atom stereocenters. The van der Waals surface area contributed by atoms with E-state index in [2.05, 4.69) is 30.7 Å². The van der Waals surface area contributed by atoms with Crippen molar-refractivity contribution >= 4 is 28.4 Å². The number of aromatic nitrogens is 6. The molecule has 9 nitrogen and oxygen atoms in total. The highest BCUT2D eigenvalue weighted by Gasteiger charge is 2.32. The number of aryl methyl sites for hydroxylation is 1. The smallest absolute Gasteiger partial charge is 0.256 e. The second-order valence-corrected chi connectivity index (χ2v) is 10.2. The lowest BCUT2D eigenvalue weighted by molar-refractivity contribution is -0.000420. The van der Waals surface area contributed by atoms with Gasteiger partial charge in [-0.25, -0.2) is 27.7 Å². The van der Waals surface area contributed by atoms with Crippen LogP contribution in [0.2, 0.25) is 0 Å². The third kappa shape index (κ3) is 4.81. The van der Waals surface area contributed by atoms with Gasteiger partial charge in [0.1, 0.15) is 16.9 Å². The van der Waals surface area contributed by atoms with Gasteiger partial charge in [-0.15, -0.1) is 5.10 Å². The Hall–Kier alpha value is -3.41. The van der Waals surface area contributed by atoms with Gasteiger partial charge in [-0.3, -0.25) is 0 Å². The van der Waals surface area contributed by atoms with Crippen LogP contribution in [0.5, 0.6) is 0 Å². The largest absolute Gasteiger partial charge is 0.390 e. The van der Waals surface area contributed by atoms with Gasteiger partial charge in [0.25, 0.3) is 6.43 Å². The SMILES string of the molecule is CNc1nc(NC2CCC(C(C)(C)O)CC2)nn2cc(F)c(-c3ccc4nc(C)n(CC(F)F)c4n3)c12. The quantitative estimate of drug-likeness (QED) is 0.329. The molecule has 12 heteroatoms. The number of halogens is 3. The molecule has 0 saturated heterocycles. The predicted octanol–water partition coefficient (Wildman–Crippen LogP) is 4.64. The summed E-state index contributed by atoms with van der Waals surface area (Å²) in [5, 5.41) is 21.2. The minimum atomic E-state index is -2.58. The maximum atomic E-state index is 15.3. The number of alkyl halides is 2. The highest BCUT2D eigenvalue weighted by Crippen LogP contribution is 2.35. The number of rotatable bonds is 7. The molecule has 4 aromatic rings. The van der Waals surface area contributed by atoms with E-state index in [1.807, 2.05) is 13.8 Å². The minimum Gasteiger partial charge on any atom is -0.390 e. The Morgan fingerprint density at radius 3 is 2.51 bits per heavy atom. The maximum Gasteiger partial charge on any atom is 0.256 e. The summed E-state index contributed by atoms with van der Waals surface area (Å²) in [5.41, 5.74) is 0.855. The van der Waals surface area contributed by atoms with E-state index in [9.17, 15) is 13.9 Å². The minimum absolute atomic E-state index is 0.142. The van der Waals surface area contributed by atoms with Crippen LogP contribution in [-0.4, -0.2) is 59.4 Å². The first kappa shape index (κ1) is 25.2. The lowest BCUT2D eigenvalue weighted by Gasteiger charge is -2.36. The van der Waals surface area contributed by atoms with E-state index in [-0.39, 0.29) is 28.9 Å². The molecule has 0 radical (unpaired) electrons.